The molecule has 4 heteroatoms. The Balaban J connectivity index is 1.93. The zero-order chi connectivity index (χ0) is 12.1. The lowest BCUT2D eigenvalue weighted by Gasteiger charge is -2.11. The number of hydrogen-bond acceptors (Lipinski definition) is 4. The van der Waals surface area contributed by atoms with Gasteiger partial charge in [0, 0.05) is 18.0 Å². The third kappa shape index (κ3) is 3.54. The molecule has 3 nitrogen and oxygen atoms in total. The summed E-state index contributed by atoms with van der Waals surface area (Å²) in [6.07, 6.45) is 3.30. The van der Waals surface area contributed by atoms with E-state index in [9.17, 15) is 0 Å². The largest absolute Gasteiger partial charge is 0.323 e. The van der Waals surface area contributed by atoms with Crippen LogP contribution in [-0.4, -0.2) is 15.7 Å². The van der Waals surface area contributed by atoms with Gasteiger partial charge in [0.2, 0.25) is 0 Å². The molecule has 1 unspecified atom stereocenters. The van der Waals surface area contributed by atoms with Gasteiger partial charge in [0.05, 0.1) is 5.03 Å². The second-order valence-corrected chi connectivity index (χ2v) is 4.92. The van der Waals surface area contributed by atoms with Gasteiger partial charge < -0.3 is 5.73 Å². The van der Waals surface area contributed by atoms with Gasteiger partial charge in [-0.3, -0.25) is 0 Å². The zero-order valence-corrected chi connectivity index (χ0v) is 10.5. The minimum atomic E-state index is 0.0376. The van der Waals surface area contributed by atoms with E-state index in [1.165, 1.54) is 5.56 Å². The number of nitrogens with two attached hydrogens (primary N) is 1. The van der Waals surface area contributed by atoms with Crippen LogP contribution in [0.1, 0.15) is 17.2 Å². The fraction of sp³-hybridized carbons (Fsp3) is 0.231. The van der Waals surface area contributed by atoms with Gasteiger partial charge in [-0.25, -0.2) is 9.97 Å². The lowest BCUT2D eigenvalue weighted by atomic mass is 10.1. The van der Waals surface area contributed by atoms with Crippen LogP contribution in [0.15, 0.2) is 47.9 Å². The first-order chi connectivity index (χ1) is 8.25. The SMILES string of the molecule is Cc1ccc(C(N)CSc2ccncn2)cc1. The molecule has 0 saturated carbocycles. The predicted molar refractivity (Wildman–Crippen MR) is 70.9 cm³/mol. The molecule has 88 valence electrons. The molecular weight excluding hydrogens is 230 g/mol. The highest BCUT2D eigenvalue weighted by Crippen LogP contribution is 2.21. The topological polar surface area (TPSA) is 51.8 Å². The van der Waals surface area contributed by atoms with Crippen LogP contribution in [0.2, 0.25) is 0 Å². The number of aromatic nitrogens is 2. The third-order valence-corrected chi connectivity index (χ3v) is 3.53. The molecule has 0 aliphatic carbocycles. The normalized spacial score (nSPS) is 12.4. The number of benzene rings is 1. The Labute approximate surface area is 105 Å². The van der Waals surface area contributed by atoms with Gasteiger partial charge in [-0.05, 0) is 18.6 Å². The molecule has 0 radical (unpaired) electrons. The van der Waals surface area contributed by atoms with E-state index in [-0.39, 0.29) is 6.04 Å². The Hall–Kier alpha value is -1.39. The van der Waals surface area contributed by atoms with Crippen molar-refractivity contribution in [2.24, 2.45) is 5.73 Å². The summed E-state index contributed by atoms with van der Waals surface area (Å²) in [6.45, 7) is 2.07. The summed E-state index contributed by atoms with van der Waals surface area (Å²) in [4.78, 5) is 8.04. The number of thioether (sulfide) groups is 1. The van der Waals surface area contributed by atoms with Crippen LogP contribution in [0.3, 0.4) is 0 Å². The monoisotopic (exact) mass is 245 g/mol. The number of rotatable bonds is 4. The van der Waals surface area contributed by atoms with Crippen molar-refractivity contribution < 1.29 is 0 Å². The van der Waals surface area contributed by atoms with E-state index in [1.807, 2.05) is 6.07 Å². The van der Waals surface area contributed by atoms with Crippen molar-refractivity contribution in [3.05, 3.63) is 54.0 Å². The molecule has 0 fully saturated rings. The Bertz CT molecular complexity index is 456. The van der Waals surface area contributed by atoms with Gasteiger partial charge in [0.15, 0.2) is 0 Å². The summed E-state index contributed by atoms with van der Waals surface area (Å²) in [5, 5.41) is 0.961. The highest BCUT2D eigenvalue weighted by molar-refractivity contribution is 7.99. The minimum absolute atomic E-state index is 0.0376. The molecule has 0 spiro atoms. The smallest absolute Gasteiger partial charge is 0.116 e. The average Bonchev–Trinajstić information content (AvgIpc) is 2.38. The molecule has 1 aromatic carbocycles. The van der Waals surface area contributed by atoms with Crippen molar-refractivity contribution in [3.63, 3.8) is 0 Å². The van der Waals surface area contributed by atoms with Crippen LogP contribution in [-0.2, 0) is 0 Å². The van der Waals surface area contributed by atoms with Crippen LogP contribution < -0.4 is 5.73 Å². The molecule has 0 aliphatic heterocycles. The van der Waals surface area contributed by atoms with Crippen molar-refractivity contribution in [1.29, 1.82) is 0 Å². The number of aryl methyl sites for hydroxylation is 1. The Morgan fingerprint density at radius 1 is 1.24 bits per heavy atom. The molecule has 1 aromatic heterocycles. The summed E-state index contributed by atoms with van der Waals surface area (Å²) < 4.78 is 0. The summed E-state index contributed by atoms with van der Waals surface area (Å²) in [6, 6.07) is 10.3. The molecule has 0 bridgehead atoms. The fourth-order valence-corrected chi connectivity index (χ4v) is 2.27. The maximum absolute atomic E-state index is 6.13. The highest BCUT2D eigenvalue weighted by Gasteiger charge is 2.06. The first-order valence-electron chi connectivity index (χ1n) is 5.46. The van der Waals surface area contributed by atoms with Crippen molar-refractivity contribution in [3.8, 4) is 0 Å². The quantitative estimate of drug-likeness (QED) is 0.664. The molecular formula is C13H15N3S. The molecule has 1 heterocycles. The molecule has 0 amide bonds. The Morgan fingerprint density at radius 2 is 2.00 bits per heavy atom. The van der Waals surface area contributed by atoms with Crippen LogP contribution in [0.25, 0.3) is 0 Å². The fourth-order valence-electron chi connectivity index (χ4n) is 1.45. The van der Waals surface area contributed by atoms with Crippen molar-refractivity contribution in [1.82, 2.24) is 9.97 Å². The van der Waals surface area contributed by atoms with E-state index >= 15 is 0 Å². The van der Waals surface area contributed by atoms with Crippen LogP contribution in [0, 0.1) is 6.92 Å². The van der Waals surface area contributed by atoms with Gasteiger partial charge in [0.25, 0.3) is 0 Å². The zero-order valence-electron chi connectivity index (χ0n) is 9.71. The first-order valence-corrected chi connectivity index (χ1v) is 6.45. The predicted octanol–water partition coefficient (Wildman–Crippen LogP) is 2.58. The molecule has 2 N–H and O–H groups in total. The van der Waals surface area contributed by atoms with Gasteiger partial charge >= 0.3 is 0 Å². The van der Waals surface area contributed by atoms with Gasteiger partial charge in [0.1, 0.15) is 6.33 Å². The Morgan fingerprint density at radius 3 is 2.65 bits per heavy atom. The molecule has 2 rings (SSSR count). The lowest BCUT2D eigenvalue weighted by Crippen LogP contribution is -2.12. The van der Waals surface area contributed by atoms with E-state index in [0.717, 1.165) is 16.3 Å². The van der Waals surface area contributed by atoms with E-state index in [1.54, 1.807) is 24.3 Å². The van der Waals surface area contributed by atoms with Crippen molar-refractivity contribution >= 4 is 11.8 Å². The number of hydrogen-bond donors (Lipinski definition) is 1. The molecule has 0 saturated heterocycles. The van der Waals surface area contributed by atoms with Gasteiger partial charge in [-0.2, -0.15) is 0 Å². The summed E-state index contributed by atoms with van der Waals surface area (Å²) in [5.74, 6) is 0.820. The summed E-state index contributed by atoms with van der Waals surface area (Å²) in [5.41, 5.74) is 8.55. The highest BCUT2D eigenvalue weighted by atomic mass is 32.2. The lowest BCUT2D eigenvalue weighted by molar-refractivity contribution is 0.829. The summed E-state index contributed by atoms with van der Waals surface area (Å²) >= 11 is 1.65. The minimum Gasteiger partial charge on any atom is -0.323 e. The van der Waals surface area contributed by atoms with Crippen LogP contribution in [0.4, 0.5) is 0 Å². The summed E-state index contributed by atoms with van der Waals surface area (Å²) in [7, 11) is 0. The average molecular weight is 245 g/mol. The van der Waals surface area contributed by atoms with Crippen molar-refractivity contribution in [2.45, 2.75) is 18.0 Å². The van der Waals surface area contributed by atoms with E-state index in [2.05, 4.69) is 41.2 Å². The second-order valence-electron chi connectivity index (χ2n) is 3.88. The number of nitrogens with zero attached hydrogens (tertiary/aromatic N) is 2. The van der Waals surface area contributed by atoms with Crippen LogP contribution >= 0.6 is 11.8 Å². The third-order valence-electron chi connectivity index (χ3n) is 2.47. The van der Waals surface area contributed by atoms with Gasteiger partial charge in [-0.1, -0.05) is 29.8 Å². The van der Waals surface area contributed by atoms with Crippen LogP contribution in [0.5, 0.6) is 0 Å². The first kappa shape index (κ1) is 12.1. The Kier molecular flexibility index (Phi) is 4.12. The molecule has 1 atom stereocenters. The van der Waals surface area contributed by atoms with E-state index in [4.69, 9.17) is 5.73 Å². The maximum atomic E-state index is 6.13. The maximum Gasteiger partial charge on any atom is 0.116 e. The second kappa shape index (κ2) is 5.80. The van der Waals surface area contributed by atoms with E-state index in [0.29, 0.717) is 0 Å². The van der Waals surface area contributed by atoms with Crippen molar-refractivity contribution in [2.75, 3.05) is 5.75 Å². The van der Waals surface area contributed by atoms with E-state index < -0.39 is 0 Å². The molecule has 17 heavy (non-hydrogen) atoms. The standard InChI is InChI=1S/C13H15N3S/c1-10-2-4-11(5-3-10)12(14)8-17-13-6-7-15-9-16-13/h2-7,9,12H,8,14H2,1H3. The molecule has 2 aromatic rings. The molecule has 0 aliphatic rings. The van der Waals surface area contributed by atoms with Gasteiger partial charge in [-0.15, -0.1) is 11.8 Å².